The number of hydrogen-bond donors (Lipinski definition) is 2. The fourth-order valence-corrected chi connectivity index (χ4v) is 2.72. The highest BCUT2D eigenvalue weighted by molar-refractivity contribution is 7.92. The van der Waals surface area contributed by atoms with Gasteiger partial charge in [0, 0.05) is 5.69 Å². The van der Waals surface area contributed by atoms with Gasteiger partial charge in [0.15, 0.2) is 0 Å². The van der Waals surface area contributed by atoms with E-state index in [1.54, 1.807) is 19.9 Å². The van der Waals surface area contributed by atoms with E-state index in [0.29, 0.717) is 17.1 Å². The van der Waals surface area contributed by atoms with Gasteiger partial charge in [-0.15, -0.1) is 5.10 Å². The second-order valence-electron chi connectivity index (χ2n) is 4.63. The molecule has 8 heteroatoms. The Hall–Kier alpha value is -2.22. The Kier molecular flexibility index (Phi) is 4.08. The number of nitrogen functional groups attached to an aromatic ring is 1. The molecule has 0 atom stereocenters. The normalized spacial score (nSPS) is 11.4. The molecule has 0 saturated carbocycles. The summed E-state index contributed by atoms with van der Waals surface area (Å²) in [6.07, 6.45) is 0.740. The summed E-state index contributed by atoms with van der Waals surface area (Å²) >= 11 is 0. The summed E-state index contributed by atoms with van der Waals surface area (Å²) in [5.74, 6) is -0.0590. The van der Waals surface area contributed by atoms with E-state index in [1.165, 1.54) is 12.1 Å². The summed E-state index contributed by atoms with van der Waals surface area (Å²) in [7, 11) is -3.79. The lowest BCUT2D eigenvalue weighted by molar-refractivity contribution is 0.600. The second kappa shape index (κ2) is 5.65. The predicted octanol–water partition coefficient (Wildman–Crippen LogP) is 1.43. The quantitative estimate of drug-likeness (QED) is 0.827. The number of benzene rings is 1. The number of anilines is 2. The van der Waals surface area contributed by atoms with Crippen molar-refractivity contribution in [3.63, 3.8) is 0 Å². The van der Waals surface area contributed by atoms with Gasteiger partial charge in [-0.2, -0.15) is 5.10 Å². The Morgan fingerprint density at radius 3 is 2.48 bits per heavy atom. The summed E-state index contributed by atoms with van der Waals surface area (Å²) in [6, 6.07) is 4.63. The number of aryl methyl sites for hydroxylation is 3. The van der Waals surface area contributed by atoms with Crippen molar-refractivity contribution >= 4 is 21.7 Å². The van der Waals surface area contributed by atoms with Gasteiger partial charge in [0.1, 0.15) is 0 Å². The molecule has 0 spiro atoms. The molecule has 1 aromatic heterocycles. The molecule has 0 aliphatic heterocycles. The van der Waals surface area contributed by atoms with E-state index in [-0.39, 0.29) is 10.8 Å². The molecule has 1 aromatic carbocycles. The van der Waals surface area contributed by atoms with Crippen LogP contribution >= 0.6 is 0 Å². The molecule has 112 valence electrons. The number of aromatic nitrogens is 3. The van der Waals surface area contributed by atoms with Gasteiger partial charge in [-0.25, -0.2) is 18.1 Å². The number of rotatable bonds is 4. The van der Waals surface area contributed by atoms with Crippen molar-refractivity contribution in [1.29, 1.82) is 0 Å². The number of nitrogens with zero attached hydrogens (tertiary/aromatic N) is 3. The monoisotopic (exact) mass is 307 g/mol. The fraction of sp³-hybridized carbons (Fsp3) is 0.308. The lowest BCUT2D eigenvalue weighted by Crippen LogP contribution is -2.16. The summed E-state index contributed by atoms with van der Waals surface area (Å²) in [5.41, 5.74) is 8.44. The van der Waals surface area contributed by atoms with Crippen molar-refractivity contribution in [2.45, 2.75) is 32.1 Å². The van der Waals surface area contributed by atoms with Crippen LogP contribution in [0.25, 0.3) is 0 Å². The summed E-state index contributed by atoms with van der Waals surface area (Å²) < 4.78 is 26.8. The Morgan fingerprint density at radius 2 is 1.90 bits per heavy atom. The van der Waals surface area contributed by atoms with Crippen LogP contribution in [0.5, 0.6) is 0 Å². The van der Waals surface area contributed by atoms with Gasteiger partial charge in [0.2, 0.25) is 0 Å². The lowest BCUT2D eigenvalue weighted by atomic mass is 10.1. The van der Waals surface area contributed by atoms with E-state index in [1.807, 2.05) is 6.92 Å². The highest BCUT2D eigenvalue weighted by Crippen LogP contribution is 2.20. The Morgan fingerprint density at radius 1 is 1.19 bits per heavy atom. The van der Waals surface area contributed by atoms with Crippen LogP contribution in [-0.4, -0.2) is 23.6 Å². The summed E-state index contributed by atoms with van der Waals surface area (Å²) in [4.78, 5) is 4.11. The van der Waals surface area contributed by atoms with E-state index in [4.69, 9.17) is 5.73 Å². The second-order valence-corrected chi connectivity index (χ2v) is 6.31. The maximum Gasteiger partial charge on any atom is 0.264 e. The summed E-state index contributed by atoms with van der Waals surface area (Å²) in [6.45, 7) is 5.43. The van der Waals surface area contributed by atoms with Gasteiger partial charge in [-0.05, 0) is 38.0 Å². The molecular weight excluding hydrogens is 290 g/mol. The van der Waals surface area contributed by atoms with Crippen molar-refractivity contribution in [2.24, 2.45) is 0 Å². The molecule has 0 radical (unpaired) electrons. The first-order valence-electron chi connectivity index (χ1n) is 6.42. The predicted molar refractivity (Wildman–Crippen MR) is 80.3 cm³/mol. The molecule has 0 aliphatic carbocycles. The SMILES string of the molecule is CCc1ccc(S(=O)(=O)Nc2nnc(C)c(C)n2)cc1N. The van der Waals surface area contributed by atoms with Gasteiger partial charge in [-0.1, -0.05) is 13.0 Å². The highest BCUT2D eigenvalue weighted by atomic mass is 32.2. The van der Waals surface area contributed by atoms with Gasteiger partial charge in [0.05, 0.1) is 16.3 Å². The molecule has 7 nitrogen and oxygen atoms in total. The summed E-state index contributed by atoms with van der Waals surface area (Å²) in [5, 5.41) is 7.56. The van der Waals surface area contributed by atoms with E-state index in [0.717, 1.165) is 12.0 Å². The van der Waals surface area contributed by atoms with Crippen molar-refractivity contribution in [3.8, 4) is 0 Å². The standard InChI is InChI=1S/C13H17N5O2S/c1-4-10-5-6-11(7-12(10)14)21(19,20)18-13-15-8(2)9(3)16-17-13/h5-7H,4,14H2,1-3H3,(H,15,17,18). The zero-order valence-corrected chi connectivity index (χ0v) is 12.9. The van der Waals surface area contributed by atoms with Crippen molar-refractivity contribution in [2.75, 3.05) is 10.5 Å². The average molecular weight is 307 g/mol. The fourth-order valence-electron chi connectivity index (χ4n) is 1.74. The molecule has 0 aliphatic rings. The minimum atomic E-state index is -3.79. The first-order chi connectivity index (χ1) is 9.83. The van der Waals surface area contributed by atoms with E-state index in [9.17, 15) is 8.42 Å². The topological polar surface area (TPSA) is 111 Å². The third-order valence-electron chi connectivity index (χ3n) is 3.13. The molecule has 3 N–H and O–H groups in total. The van der Waals surface area contributed by atoms with Crippen LogP contribution in [0.4, 0.5) is 11.6 Å². The molecular formula is C13H17N5O2S. The Bertz CT molecular complexity index is 774. The minimum absolute atomic E-state index is 0.0590. The Labute approximate surface area is 123 Å². The highest BCUT2D eigenvalue weighted by Gasteiger charge is 2.17. The number of nitrogens with one attached hydrogen (secondary N) is 1. The first kappa shape index (κ1) is 15.2. The van der Waals surface area contributed by atoms with Crippen LogP contribution < -0.4 is 10.5 Å². The lowest BCUT2D eigenvalue weighted by Gasteiger charge is -2.09. The maximum atomic E-state index is 12.3. The maximum absolute atomic E-state index is 12.3. The van der Waals surface area contributed by atoms with Crippen LogP contribution in [0.3, 0.4) is 0 Å². The van der Waals surface area contributed by atoms with Crippen LogP contribution in [0.15, 0.2) is 23.1 Å². The molecule has 0 unspecified atom stereocenters. The first-order valence-corrected chi connectivity index (χ1v) is 7.91. The van der Waals surface area contributed by atoms with E-state index < -0.39 is 10.0 Å². The average Bonchev–Trinajstić information content (AvgIpc) is 2.42. The molecule has 0 bridgehead atoms. The van der Waals surface area contributed by atoms with Gasteiger partial charge in [-0.3, -0.25) is 0 Å². The third kappa shape index (κ3) is 3.27. The smallest absolute Gasteiger partial charge is 0.264 e. The number of sulfonamides is 1. The van der Waals surface area contributed by atoms with Crippen LogP contribution in [0, 0.1) is 13.8 Å². The van der Waals surface area contributed by atoms with Crippen LogP contribution in [0.1, 0.15) is 23.9 Å². The van der Waals surface area contributed by atoms with Crippen molar-refractivity contribution in [3.05, 3.63) is 35.2 Å². The molecule has 21 heavy (non-hydrogen) atoms. The largest absolute Gasteiger partial charge is 0.398 e. The van der Waals surface area contributed by atoms with Crippen molar-refractivity contribution < 1.29 is 8.42 Å². The minimum Gasteiger partial charge on any atom is -0.398 e. The van der Waals surface area contributed by atoms with Gasteiger partial charge < -0.3 is 5.73 Å². The molecule has 2 rings (SSSR count). The molecule has 1 heterocycles. The zero-order chi connectivity index (χ0) is 15.6. The van der Waals surface area contributed by atoms with Crippen LogP contribution in [0.2, 0.25) is 0 Å². The number of nitrogens with two attached hydrogens (primary N) is 1. The Balaban J connectivity index is 2.33. The van der Waals surface area contributed by atoms with Crippen molar-refractivity contribution in [1.82, 2.24) is 15.2 Å². The molecule has 2 aromatic rings. The zero-order valence-electron chi connectivity index (χ0n) is 12.1. The van der Waals surface area contributed by atoms with Gasteiger partial charge in [0.25, 0.3) is 16.0 Å². The van der Waals surface area contributed by atoms with E-state index in [2.05, 4.69) is 19.9 Å². The third-order valence-corrected chi connectivity index (χ3v) is 4.45. The van der Waals surface area contributed by atoms with Gasteiger partial charge >= 0.3 is 0 Å². The molecule has 0 amide bonds. The van der Waals surface area contributed by atoms with Crippen LogP contribution in [-0.2, 0) is 16.4 Å². The van der Waals surface area contributed by atoms with E-state index >= 15 is 0 Å². The molecule has 0 fully saturated rings. The number of hydrogen-bond acceptors (Lipinski definition) is 6. The molecule has 0 saturated heterocycles.